The standard InChI is InChI=1S/C65H88FN15O15/c1-7-41-29-44(96-24-11-10-23-67)21-22-45(41)42-19-17-39(18-20-42)28-49(59(90)71-48(57(69)88)16-12-13-40-26-35(2)25-36(3)27-40)72-60(91)50(31-54(86)87)73-61(92)51(34-82)74-62(93)55(37(4)83)76-64(95)65(6,32-43-14-8-9-15-46(43)66)77-63(94)56(38(5)84)75-53(85)33-70-58(89)47(68)30-52-78-80-81-79-52/h8-9,14-15,17-22,25-27,29,37-38,47-51,55-56,82-84H,7,10-13,16,23-24,28,30-34,67-68H2,1-6H3,(H2,69,88)(H,70,89)(H,71,90)(H,72,91)(H,73,92)(H,74,93)(H,75,85)(H,76,95)(H,77,94)(H,86,87)(H,78,79,80,81)/t37-,38-,47+,48+,49+,50?,51+,55+,56+,65+/m1/s1. The maximum absolute atomic E-state index is 15.3. The number of benzene rings is 4. The minimum Gasteiger partial charge on any atom is -0.494 e. The van der Waals surface area contributed by atoms with E-state index in [1.165, 1.54) is 18.2 Å². The number of H-pyrrole nitrogens is 1. The van der Waals surface area contributed by atoms with Gasteiger partial charge in [-0.05, 0) is 131 Å². The van der Waals surface area contributed by atoms with Gasteiger partial charge in [-0.15, -0.1) is 10.2 Å². The average molecular weight is 1340 g/mol. The number of ether oxygens (including phenoxy) is 1. The van der Waals surface area contributed by atoms with Crippen molar-refractivity contribution in [1.29, 1.82) is 0 Å². The molecule has 9 amide bonds. The first kappa shape index (κ1) is 76.9. The molecule has 4 aromatic carbocycles. The van der Waals surface area contributed by atoms with E-state index in [0.717, 1.165) is 73.1 Å². The molecule has 0 radical (unpaired) electrons. The summed E-state index contributed by atoms with van der Waals surface area (Å²) >= 11 is 0. The first-order valence-electron chi connectivity index (χ1n) is 31.3. The second-order valence-corrected chi connectivity index (χ2v) is 23.7. The van der Waals surface area contributed by atoms with Gasteiger partial charge in [-0.3, -0.25) is 47.9 Å². The highest BCUT2D eigenvalue weighted by atomic mass is 19.1. The average Bonchev–Trinajstić information content (AvgIpc) is 1.28. The van der Waals surface area contributed by atoms with Gasteiger partial charge in [0.25, 0.3) is 0 Å². The highest BCUT2D eigenvalue weighted by Crippen LogP contribution is 2.29. The Labute approximate surface area is 554 Å². The molecule has 1 unspecified atom stereocenters. The Morgan fingerprint density at radius 1 is 0.698 bits per heavy atom. The summed E-state index contributed by atoms with van der Waals surface area (Å²) in [6.45, 7) is 8.19. The van der Waals surface area contributed by atoms with Crippen molar-refractivity contribution in [1.82, 2.24) is 63.2 Å². The van der Waals surface area contributed by atoms with E-state index in [1.54, 1.807) is 24.3 Å². The number of rotatable bonds is 39. The van der Waals surface area contributed by atoms with Crippen LogP contribution in [-0.4, -0.2) is 187 Å². The van der Waals surface area contributed by atoms with Crippen LogP contribution in [0.5, 0.6) is 5.75 Å². The lowest BCUT2D eigenvalue weighted by Crippen LogP contribution is -2.67. The summed E-state index contributed by atoms with van der Waals surface area (Å²) in [7, 11) is 0. The molecule has 96 heavy (non-hydrogen) atoms. The van der Waals surface area contributed by atoms with Crippen molar-refractivity contribution in [3.63, 3.8) is 0 Å². The minimum atomic E-state index is -2.32. The molecule has 0 saturated carbocycles. The van der Waals surface area contributed by atoms with Crippen LogP contribution in [0.4, 0.5) is 4.39 Å². The molecular formula is C65H88FN15O15. The number of primary amides is 1. The van der Waals surface area contributed by atoms with Crippen molar-refractivity contribution in [3.8, 4) is 16.9 Å². The van der Waals surface area contributed by atoms with Gasteiger partial charge in [0.1, 0.15) is 53.4 Å². The Morgan fingerprint density at radius 3 is 1.93 bits per heavy atom. The number of unbranched alkanes of at least 4 members (excludes halogenated alkanes) is 1. The molecule has 5 aromatic rings. The fourth-order valence-corrected chi connectivity index (χ4v) is 10.3. The van der Waals surface area contributed by atoms with Gasteiger partial charge in [-0.25, -0.2) is 4.39 Å². The number of tetrazole rings is 1. The van der Waals surface area contributed by atoms with Crippen LogP contribution in [0, 0.1) is 19.7 Å². The summed E-state index contributed by atoms with van der Waals surface area (Å²) in [5, 5.41) is 73.8. The summed E-state index contributed by atoms with van der Waals surface area (Å²) in [4.78, 5) is 136. The smallest absolute Gasteiger partial charge is 0.305 e. The molecule has 19 N–H and O–H groups in total. The predicted molar refractivity (Wildman–Crippen MR) is 347 cm³/mol. The Balaban J connectivity index is 1.35. The number of halogens is 1. The maximum Gasteiger partial charge on any atom is 0.305 e. The van der Waals surface area contributed by atoms with Crippen LogP contribution in [0.25, 0.3) is 11.1 Å². The molecule has 30 nitrogen and oxygen atoms in total. The number of carbonyl (C=O) groups is 10. The molecule has 10 atom stereocenters. The minimum absolute atomic E-state index is 0.0923. The number of aryl methyl sites for hydroxylation is 4. The molecule has 31 heteroatoms. The summed E-state index contributed by atoms with van der Waals surface area (Å²) in [5.74, 6) is -11.8. The lowest BCUT2D eigenvalue weighted by molar-refractivity contribution is -0.142. The van der Waals surface area contributed by atoms with E-state index >= 15 is 4.39 Å². The van der Waals surface area contributed by atoms with Crippen LogP contribution in [0.2, 0.25) is 0 Å². The number of carboxylic acids is 1. The lowest BCUT2D eigenvalue weighted by Gasteiger charge is -2.34. The van der Waals surface area contributed by atoms with Gasteiger partial charge in [0.2, 0.25) is 53.2 Å². The van der Waals surface area contributed by atoms with Crippen molar-refractivity contribution >= 4 is 59.1 Å². The van der Waals surface area contributed by atoms with Gasteiger partial charge in [0, 0.05) is 19.3 Å². The normalized spacial score (nSPS) is 14.6. The van der Waals surface area contributed by atoms with E-state index in [1.807, 2.05) is 57.2 Å². The number of carbonyl (C=O) groups excluding carboxylic acids is 9. The summed E-state index contributed by atoms with van der Waals surface area (Å²) < 4.78 is 21.2. The van der Waals surface area contributed by atoms with Crippen LogP contribution in [-0.2, 0) is 80.0 Å². The Kier molecular flexibility index (Phi) is 29.9. The Hall–Kier alpha value is -9.82. The first-order chi connectivity index (χ1) is 45.5. The molecule has 5 rings (SSSR count). The Bertz CT molecular complexity index is 3470. The van der Waals surface area contributed by atoms with E-state index in [4.69, 9.17) is 21.9 Å². The molecule has 520 valence electrons. The molecule has 0 fully saturated rings. The first-order valence-corrected chi connectivity index (χ1v) is 31.3. The van der Waals surface area contributed by atoms with Crippen molar-refractivity contribution in [2.24, 2.45) is 17.2 Å². The molecule has 0 bridgehead atoms. The summed E-state index contributed by atoms with van der Waals surface area (Å²) in [6, 6.07) is 11.8. The third-order valence-electron chi connectivity index (χ3n) is 15.5. The van der Waals surface area contributed by atoms with Gasteiger partial charge < -0.3 is 84.9 Å². The van der Waals surface area contributed by atoms with Crippen LogP contribution >= 0.6 is 0 Å². The van der Waals surface area contributed by atoms with Crippen molar-refractivity contribution in [2.45, 2.75) is 166 Å². The van der Waals surface area contributed by atoms with Gasteiger partial charge >= 0.3 is 5.97 Å². The van der Waals surface area contributed by atoms with E-state index in [9.17, 15) is 68.4 Å². The van der Waals surface area contributed by atoms with Crippen LogP contribution in [0.1, 0.15) is 99.0 Å². The molecule has 0 spiro atoms. The number of nitrogens with zero attached hydrogens (tertiary/aromatic N) is 3. The zero-order valence-electron chi connectivity index (χ0n) is 54.4. The van der Waals surface area contributed by atoms with Gasteiger partial charge in [-0.2, -0.15) is 5.21 Å². The third-order valence-corrected chi connectivity index (χ3v) is 15.5. The Morgan fingerprint density at radius 2 is 1.32 bits per heavy atom. The number of aromatic amines is 1. The topological polar surface area (TPSA) is 490 Å². The van der Waals surface area contributed by atoms with Crippen molar-refractivity contribution in [2.75, 3.05) is 26.3 Å². The number of hydrogen-bond donors (Lipinski definition) is 16. The summed E-state index contributed by atoms with van der Waals surface area (Å²) in [6.07, 6.45) is -2.44. The number of aliphatic carboxylic acids is 1. The molecule has 0 aliphatic rings. The largest absolute Gasteiger partial charge is 0.494 e. The van der Waals surface area contributed by atoms with Gasteiger partial charge in [-0.1, -0.05) is 90.0 Å². The highest BCUT2D eigenvalue weighted by molar-refractivity contribution is 6.00. The number of carboxylic acid groups (broad SMARTS) is 1. The predicted octanol–water partition coefficient (Wildman–Crippen LogP) is -1.71. The van der Waals surface area contributed by atoms with Crippen LogP contribution in [0.3, 0.4) is 0 Å². The van der Waals surface area contributed by atoms with Crippen LogP contribution < -0.4 is 64.5 Å². The number of amides is 9. The van der Waals surface area contributed by atoms with Crippen molar-refractivity contribution in [3.05, 3.63) is 130 Å². The van der Waals surface area contributed by atoms with Crippen LogP contribution in [0.15, 0.2) is 84.9 Å². The quantitative estimate of drug-likeness (QED) is 0.0195. The number of nitrogens with two attached hydrogens (primary N) is 3. The van der Waals surface area contributed by atoms with Gasteiger partial charge in [0.15, 0.2) is 5.82 Å². The maximum atomic E-state index is 15.3. The third kappa shape index (κ3) is 23.9. The van der Waals surface area contributed by atoms with E-state index < -0.39 is 151 Å². The SMILES string of the molecule is CCc1cc(OCCCCN)ccc1-c1ccc(C[C@H](NC(=O)C(CC(=O)O)NC(=O)[C@H](CO)NC(=O)[C@@H](NC(=O)[C@](C)(Cc2ccccc2F)NC(=O)[C@@H](NC(=O)CNC(=O)[C@@H](N)Cc2nn[nH]n2)[C@@H](C)O)[C@@H](C)O)C(=O)N[C@@H](CCCc2cc(C)cc(C)c2)C(N)=O)cc1. The molecule has 1 heterocycles. The second kappa shape index (κ2) is 37.3. The molecule has 0 aliphatic heterocycles. The van der Waals surface area contributed by atoms with E-state index in [0.29, 0.717) is 43.7 Å². The number of hydrogen-bond acceptors (Lipinski definition) is 19. The number of aromatic nitrogens is 4. The zero-order valence-corrected chi connectivity index (χ0v) is 54.4. The fourth-order valence-electron chi connectivity index (χ4n) is 10.3. The summed E-state index contributed by atoms with van der Waals surface area (Å²) in [5.41, 5.74) is 21.1. The number of aliphatic hydroxyl groups excluding tert-OH is 3. The van der Waals surface area contributed by atoms with E-state index in [-0.39, 0.29) is 30.7 Å². The molecule has 1 aromatic heterocycles. The molecule has 0 saturated heterocycles. The lowest BCUT2D eigenvalue weighted by atomic mass is 9.90. The number of aliphatic hydroxyl groups is 3. The zero-order chi connectivity index (χ0) is 70.8. The fraction of sp³-hybridized carbons (Fsp3) is 0.462. The molecule has 0 aliphatic carbocycles. The van der Waals surface area contributed by atoms with Crippen molar-refractivity contribution < 1.29 is 77.5 Å². The van der Waals surface area contributed by atoms with Gasteiger partial charge in [0.05, 0.1) is 44.4 Å². The highest BCUT2D eigenvalue weighted by Gasteiger charge is 2.42. The molecular weight excluding hydrogens is 1250 g/mol. The number of nitrogens with one attached hydrogen (secondary N) is 9. The second-order valence-electron chi connectivity index (χ2n) is 23.7. The van der Waals surface area contributed by atoms with E-state index in [2.05, 4.69) is 63.2 Å². The monoisotopic (exact) mass is 1340 g/mol.